The van der Waals surface area contributed by atoms with Crippen LogP contribution in [0.15, 0.2) is 35.6 Å². The molecule has 0 amide bonds. The Kier molecular flexibility index (Phi) is 2.49. The van der Waals surface area contributed by atoms with E-state index in [0.29, 0.717) is 5.76 Å². The molecule has 0 radical (unpaired) electrons. The molecule has 2 nitrogen and oxygen atoms in total. The van der Waals surface area contributed by atoms with Crippen molar-refractivity contribution < 1.29 is 9.84 Å². The van der Waals surface area contributed by atoms with Crippen LogP contribution in [0.4, 0.5) is 0 Å². The van der Waals surface area contributed by atoms with Crippen molar-refractivity contribution in [2.24, 2.45) is 0 Å². The average molecular weight is 152 g/mol. The van der Waals surface area contributed by atoms with Crippen molar-refractivity contribution in [3.05, 3.63) is 35.6 Å². The van der Waals surface area contributed by atoms with E-state index in [9.17, 15) is 5.11 Å². The van der Waals surface area contributed by atoms with E-state index in [4.69, 9.17) is 4.74 Å². The predicted molar refractivity (Wildman–Crippen MR) is 44.0 cm³/mol. The highest BCUT2D eigenvalue weighted by Crippen LogP contribution is 2.12. The van der Waals surface area contributed by atoms with Crippen molar-refractivity contribution in [2.45, 2.75) is 13.0 Å². The van der Waals surface area contributed by atoms with Gasteiger partial charge in [-0.15, -0.1) is 0 Å². The lowest BCUT2D eigenvalue weighted by molar-refractivity contribution is 0.161. The number of ether oxygens (including phenoxy) is 1. The summed E-state index contributed by atoms with van der Waals surface area (Å²) in [5, 5.41) is 9.41. The summed E-state index contributed by atoms with van der Waals surface area (Å²) in [7, 11) is 1.55. The summed E-state index contributed by atoms with van der Waals surface area (Å²) in [5.41, 5.74) is 1.04. The predicted octanol–water partition coefficient (Wildman–Crippen LogP) is 1.39. The monoisotopic (exact) mass is 152 g/mol. The second-order valence-corrected chi connectivity index (χ2v) is 2.49. The Labute approximate surface area is 66.5 Å². The van der Waals surface area contributed by atoms with Gasteiger partial charge >= 0.3 is 0 Å². The summed E-state index contributed by atoms with van der Waals surface area (Å²) in [6, 6.07) is 0. The van der Waals surface area contributed by atoms with Crippen molar-refractivity contribution in [3.8, 4) is 0 Å². The number of aliphatic hydroxyl groups is 1. The van der Waals surface area contributed by atoms with Gasteiger partial charge in [0.2, 0.25) is 0 Å². The van der Waals surface area contributed by atoms with E-state index in [1.807, 2.05) is 19.1 Å². The topological polar surface area (TPSA) is 29.5 Å². The Morgan fingerprint density at radius 2 is 2.27 bits per heavy atom. The second-order valence-electron chi connectivity index (χ2n) is 2.49. The quantitative estimate of drug-likeness (QED) is 0.615. The molecule has 1 rings (SSSR count). The van der Waals surface area contributed by atoms with Crippen molar-refractivity contribution in [1.29, 1.82) is 0 Å². The van der Waals surface area contributed by atoms with Gasteiger partial charge in [-0.2, -0.15) is 0 Å². The van der Waals surface area contributed by atoms with Crippen LogP contribution in [0.1, 0.15) is 6.92 Å². The van der Waals surface area contributed by atoms with Crippen LogP contribution in [0, 0.1) is 0 Å². The van der Waals surface area contributed by atoms with Gasteiger partial charge in [0.25, 0.3) is 0 Å². The molecule has 2 heteroatoms. The molecule has 0 aromatic rings. The largest absolute Gasteiger partial charge is 0.498 e. The van der Waals surface area contributed by atoms with Gasteiger partial charge in [-0.1, -0.05) is 17.7 Å². The van der Waals surface area contributed by atoms with E-state index in [1.54, 1.807) is 19.3 Å². The van der Waals surface area contributed by atoms with Gasteiger partial charge in [0.1, 0.15) is 11.9 Å². The smallest absolute Gasteiger partial charge is 0.130 e. The fourth-order valence-electron chi connectivity index (χ4n) is 0.969. The Morgan fingerprint density at radius 1 is 1.55 bits per heavy atom. The average Bonchev–Trinajstić information content (AvgIpc) is 2.11. The number of aliphatic hydroxyl groups excluding tert-OH is 1. The van der Waals surface area contributed by atoms with E-state index in [2.05, 4.69) is 0 Å². The Hall–Kier alpha value is -1.02. The molecule has 0 bridgehead atoms. The van der Waals surface area contributed by atoms with E-state index in [0.717, 1.165) is 5.57 Å². The molecule has 0 saturated heterocycles. The first kappa shape index (κ1) is 8.08. The fourth-order valence-corrected chi connectivity index (χ4v) is 0.969. The fraction of sp³-hybridized carbons (Fsp3) is 0.333. The number of hydrogen-bond acceptors (Lipinski definition) is 2. The molecule has 1 atom stereocenters. The van der Waals surface area contributed by atoms with Crippen LogP contribution in [0.3, 0.4) is 0 Å². The van der Waals surface area contributed by atoms with Gasteiger partial charge in [-0.25, -0.2) is 0 Å². The number of allylic oxidation sites excluding steroid dienone is 4. The van der Waals surface area contributed by atoms with E-state index in [1.165, 1.54) is 0 Å². The lowest BCUT2D eigenvalue weighted by atomic mass is 10.2. The molecule has 0 heterocycles. The maximum atomic E-state index is 9.41. The highest BCUT2D eigenvalue weighted by molar-refractivity contribution is 5.29. The summed E-state index contributed by atoms with van der Waals surface area (Å²) >= 11 is 0. The maximum absolute atomic E-state index is 9.41. The minimum Gasteiger partial charge on any atom is -0.498 e. The van der Waals surface area contributed by atoms with Gasteiger partial charge in [0.05, 0.1) is 7.11 Å². The molecule has 0 aromatic carbocycles. The number of methoxy groups -OCH3 is 1. The molecule has 0 saturated carbocycles. The first-order valence-corrected chi connectivity index (χ1v) is 3.53. The minimum absolute atomic E-state index is 0.582. The molecule has 0 aromatic heterocycles. The Morgan fingerprint density at radius 3 is 2.91 bits per heavy atom. The maximum Gasteiger partial charge on any atom is 0.130 e. The molecule has 0 fully saturated rings. The van der Waals surface area contributed by atoms with E-state index < -0.39 is 6.10 Å². The van der Waals surface area contributed by atoms with Crippen molar-refractivity contribution >= 4 is 0 Å². The molecule has 60 valence electrons. The SMILES string of the molecule is COC1=CC=CC(C)=CC1O. The molecule has 1 aliphatic carbocycles. The highest BCUT2D eigenvalue weighted by atomic mass is 16.5. The molecule has 0 aliphatic heterocycles. The van der Waals surface area contributed by atoms with Crippen LogP contribution in [0.2, 0.25) is 0 Å². The minimum atomic E-state index is -0.602. The van der Waals surface area contributed by atoms with E-state index >= 15 is 0 Å². The van der Waals surface area contributed by atoms with Gasteiger partial charge in [-0.05, 0) is 19.1 Å². The van der Waals surface area contributed by atoms with Crippen LogP contribution >= 0.6 is 0 Å². The highest BCUT2D eigenvalue weighted by Gasteiger charge is 2.08. The zero-order chi connectivity index (χ0) is 8.27. The lowest BCUT2D eigenvalue weighted by Gasteiger charge is -2.07. The summed E-state index contributed by atoms with van der Waals surface area (Å²) < 4.78 is 4.95. The third-order valence-electron chi connectivity index (χ3n) is 1.57. The standard InChI is InChI=1S/C9H12O2/c1-7-4-3-5-9(11-2)8(10)6-7/h3-6,8,10H,1-2H3. The zero-order valence-corrected chi connectivity index (χ0v) is 6.74. The number of rotatable bonds is 1. The summed E-state index contributed by atoms with van der Waals surface area (Å²) in [4.78, 5) is 0. The van der Waals surface area contributed by atoms with Gasteiger partial charge in [0.15, 0.2) is 0 Å². The molecular formula is C9H12O2. The van der Waals surface area contributed by atoms with Crippen molar-refractivity contribution in [1.82, 2.24) is 0 Å². The normalized spacial score (nSPS) is 23.7. The van der Waals surface area contributed by atoms with Crippen LogP contribution in [-0.4, -0.2) is 18.3 Å². The third-order valence-corrected chi connectivity index (χ3v) is 1.57. The van der Waals surface area contributed by atoms with Gasteiger partial charge in [0, 0.05) is 0 Å². The first-order chi connectivity index (χ1) is 5.24. The third kappa shape index (κ3) is 1.95. The second kappa shape index (κ2) is 3.39. The van der Waals surface area contributed by atoms with Crippen LogP contribution < -0.4 is 0 Å². The van der Waals surface area contributed by atoms with Crippen molar-refractivity contribution in [2.75, 3.05) is 7.11 Å². The van der Waals surface area contributed by atoms with Gasteiger partial charge in [-0.3, -0.25) is 0 Å². The Balaban J connectivity index is 2.85. The molecule has 11 heavy (non-hydrogen) atoms. The summed E-state index contributed by atoms with van der Waals surface area (Å²) in [6.45, 7) is 1.94. The molecule has 1 aliphatic rings. The zero-order valence-electron chi connectivity index (χ0n) is 6.74. The molecule has 0 spiro atoms. The molecular weight excluding hydrogens is 140 g/mol. The Bertz CT molecular complexity index is 224. The van der Waals surface area contributed by atoms with Crippen LogP contribution in [0.25, 0.3) is 0 Å². The van der Waals surface area contributed by atoms with Crippen LogP contribution in [0.5, 0.6) is 0 Å². The molecule has 1 N–H and O–H groups in total. The lowest BCUT2D eigenvalue weighted by Crippen LogP contribution is -2.07. The van der Waals surface area contributed by atoms with E-state index in [-0.39, 0.29) is 0 Å². The van der Waals surface area contributed by atoms with Crippen LogP contribution in [-0.2, 0) is 4.74 Å². The number of hydrogen-bond donors (Lipinski definition) is 1. The summed E-state index contributed by atoms with van der Waals surface area (Å²) in [5.74, 6) is 0.582. The molecule has 1 unspecified atom stereocenters. The summed E-state index contributed by atoms with van der Waals surface area (Å²) in [6.07, 6.45) is 6.70. The van der Waals surface area contributed by atoms with Gasteiger partial charge < -0.3 is 9.84 Å². The first-order valence-electron chi connectivity index (χ1n) is 3.53. The van der Waals surface area contributed by atoms with Crippen molar-refractivity contribution in [3.63, 3.8) is 0 Å².